The Hall–Kier alpha value is -2.34. The monoisotopic (exact) mass is 287 g/mol. The van der Waals surface area contributed by atoms with Gasteiger partial charge in [0, 0.05) is 24.4 Å². The molecule has 0 saturated carbocycles. The molecule has 0 unspecified atom stereocenters. The summed E-state index contributed by atoms with van der Waals surface area (Å²) in [7, 11) is 3.61. The van der Waals surface area contributed by atoms with Crippen LogP contribution in [0.25, 0.3) is 0 Å². The Balaban J connectivity index is 2.49. The summed E-state index contributed by atoms with van der Waals surface area (Å²) in [5.41, 5.74) is 4.61. The first-order valence-corrected chi connectivity index (χ1v) is 6.77. The Labute approximate surface area is 124 Å². The van der Waals surface area contributed by atoms with Gasteiger partial charge in [0.05, 0.1) is 7.11 Å². The predicted molar refractivity (Wildman–Crippen MR) is 85.0 cm³/mol. The molecule has 0 aliphatic rings. The molecular weight excluding hydrogens is 266 g/mol. The minimum atomic E-state index is 0.236. The van der Waals surface area contributed by atoms with Crippen molar-refractivity contribution in [2.24, 2.45) is 5.84 Å². The fourth-order valence-electron chi connectivity index (χ4n) is 2.24. The van der Waals surface area contributed by atoms with E-state index >= 15 is 0 Å². The highest BCUT2D eigenvalue weighted by Crippen LogP contribution is 2.34. The van der Waals surface area contributed by atoms with Gasteiger partial charge in [0.2, 0.25) is 0 Å². The minimum absolute atomic E-state index is 0.236. The maximum Gasteiger partial charge on any atom is 0.148 e. The van der Waals surface area contributed by atoms with Gasteiger partial charge in [-0.2, -0.15) is 0 Å². The largest absolute Gasteiger partial charge is 0.497 e. The van der Waals surface area contributed by atoms with Gasteiger partial charge in [0.25, 0.3) is 0 Å². The lowest BCUT2D eigenvalue weighted by Crippen LogP contribution is -2.18. The van der Waals surface area contributed by atoms with Crippen LogP contribution in [0.3, 0.4) is 0 Å². The molecule has 1 heterocycles. The zero-order chi connectivity index (χ0) is 15.4. The molecule has 2 rings (SSSR count). The van der Waals surface area contributed by atoms with Crippen LogP contribution in [0.4, 0.5) is 17.3 Å². The van der Waals surface area contributed by atoms with Crippen molar-refractivity contribution in [3.63, 3.8) is 0 Å². The van der Waals surface area contributed by atoms with E-state index in [4.69, 9.17) is 10.6 Å². The van der Waals surface area contributed by atoms with E-state index < -0.39 is 0 Å². The van der Waals surface area contributed by atoms with Gasteiger partial charge in [-0.25, -0.2) is 15.8 Å². The van der Waals surface area contributed by atoms with Crippen LogP contribution in [0.2, 0.25) is 0 Å². The van der Waals surface area contributed by atoms with E-state index in [1.165, 1.54) is 6.33 Å². The highest BCUT2D eigenvalue weighted by atomic mass is 16.5. The number of rotatable bonds is 5. The van der Waals surface area contributed by atoms with Crippen LogP contribution in [-0.4, -0.2) is 24.1 Å². The molecule has 0 aliphatic carbocycles. The number of aromatic nitrogens is 2. The molecule has 112 valence electrons. The number of nitrogens with zero attached hydrogens (tertiary/aromatic N) is 3. The van der Waals surface area contributed by atoms with Gasteiger partial charge in [-0.1, -0.05) is 19.9 Å². The average molecular weight is 287 g/mol. The normalized spacial score (nSPS) is 10.6. The van der Waals surface area contributed by atoms with E-state index in [9.17, 15) is 0 Å². The van der Waals surface area contributed by atoms with Crippen molar-refractivity contribution in [1.29, 1.82) is 0 Å². The van der Waals surface area contributed by atoms with Crippen LogP contribution < -0.4 is 20.9 Å². The van der Waals surface area contributed by atoms with E-state index in [1.807, 2.05) is 36.2 Å². The number of hydrogen-bond donors (Lipinski definition) is 2. The lowest BCUT2D eigenvalue weighted by Gasteiger charge is -2.24. The summed E-state index contributed by atoms with van der Waals surface area (Å²) < 4.78 is 5.27. The molecular formula is C15H21N5O. The van der Waals surface area contributed by atoms with Crippen LogP contribution >= 0.6 is 0 Å². The molecule has 0 fully saturated rings. The van der Waals surface area contributed by atoms with Crippen LogP contribution in [-0.2, 0) is 0 Å². The molecule has 6 heteroatoms. The number of ether oxygens (including phenoxy) is 1. The average Bonchev–Trinajstić information content (AvgIpc) is 2.53. The second-order valence-electron chi connectivity index (χ2n) is 5.02. The molecule has 1 aromatic carbocycles. The van der Waals surface area contributed by atoms with Crippen LogP contribution in [0, 0.1) is 0 Å². The molecule has 0 saturated heterocycles. The summed E-state index contributed by atoms with van der Waals surface area (Å²) in [6, 6.07) is 7.82. The maximum atomic E-state index is 5.56. The first-order valence-electron chi connectivity index (χ1n) is 6.77. The molecule has 0 bridgehead atoms. The Bertz CT molecular complexity index is 615. The van der Waals surface area contributed by atoms with Crippen molar-refractivity contribution >= 4 is 17.3 Å². The molecule has 3 N–H and O–H groups in total. The number of methoxy groups -OCH3 is 1. The molecule has 0 aliphatic heterocycles. The number of benzene rings is 1. The predicted octanol–water partition coefficient (Wildman–Crippen LogP) is 2.66. The highest BCUT2D eigenvalue weighted by Gasteiger charge is 2.18. The van der Waals surface area contributed by atoms with Crippen LogP contribution in [0.1, 0.15) is 25.3 Å². The fraction of sp³-hybridized carbons (Fsp3) is 0.333. The zero-order valence-electron chi connectivity index (χ0n) is 12.8. The van der Waals surface area contributed by atoms with E-state index in [1.54, 1.807) is 7.11 Å². The quantitative estimate of drug-likeness (QED) is 0.650. The van der Waals surface area contributed by atoms with E-state index in [-0.39, 0.29) is 5.92 Å². The number of anilines is 3. The lowest BCUT2D eigenvalue weighted by atomic mass is 10.0. The molecule has 0 atom stereocenters. The standard InChI is InChI=1S/C15H21N5O/c1-10(2)13-14(19-16)17-9-18-15(13)20(3)11-6-5-7-12(8-11)21-4/h5-10H,16H2,1-4H3,(H,17,18,19). The molecule has 0 spiro atoms. The molecule has 1 aromatic heterocycles. The van der Waals surface area contributed by atoms with Crippen molar-refractivity contribution in [2.45, 2.75) is 19.8 Å². The fourth-order valence-corrected chi connectivity index (χ4v) is 2.24. The van der Waals surface area contributed by atoms with Gasteiger partial charge in [-0.05, 0) is 18.1 Å². The van der Waals surface area contributed by atoms with E-state index in [0.29, 0.717) is 5.82 Å². The van der Waals surface area contributed by atoms with Gasteiger partial charge in [-0.3, -0.25) is 0 Å². The number of nitrogens with two attached hydrogens (primary N) is 1. The summed E-state index contributed by atoms with van der Waals surface area (Å²) >= 11 is 0. The molecule has 0 radical (unpaired) electrons. The van der Waals surface area contributed by atoms with E-state index in [0.717, 1.165) is 22.8 Å². The second-order valence-corrected chi connectivity index (χ2v) is 5.02. The molecule has 0 amide bonds. The van der Waals surface area contributed by atoms with Gasteiger partial charge in [0.1, 0.15) is 23.7 Å². The van der Waals surface area contributed by atoms with Gasteiger partial charge < -0.3 is 15.1 Å². The van der Waals surface area contributed by atoms with Crippen molar-refractivity contribution in [3.8, 4) is 5.75 Å². The van der Waals surface area contributed by atoms with Crippen LogP contribution in [0.5, 0.6) is 5.75 Å². The summed E-state index contributed by atoms with van der Waals surface area (Å²) in [6.45, 7) is 4.17. The van der Waals surface area contributed by atoms with Crippen LogP contribution in [0.15, 0.2) is 30.6 Å². The molecule has 21 heavy (non-hydrogen) atoms. The molecule has 2 aromatic rings. The summed E-state index contributed by atoms with van der Waals surface area (Å²) in [6.07, 6.45) is 1.51. The third-order valence-electron chi connectivity index (χ3n) is 3.34. The summed E-state index contributed by atoms with van der Waals surface area (Å²) in [5, 5.41) is 0. The number of nitrogens with one attached hydrogen (secondary N) is 1. The highest BCUT2D eigenvalue weighted by molar-refractivity contribution is 5.68. The topological polar surface area (TPSA) is 76.3 Å². The SMILES string of the molecule is COc1cccc(N(C)c2ncnc(NN)c2C(C)C)c1. The van der Waals surface area contributed by atoms with Crippen molar-refractivity contribution in [3.05, 3.63) is 36.2 Å². The van der Waals surface area contributed by atoms with Gasteiger partial charge in [-0.15, -0.1) is 0 Å². The van der Waals surface area contributed by atoms with Gasteiger partial charge in [0.15, 0.2) is 0 Å². The Morgan fingerprint density at radius 1 is 1.29 bits per heavy atom. The molecule has 6 nitrogen and oxygen atoms in total. The Morgan fingerprint density at radius 3 is 2.67 bits per heavy atom. The van der Waals surface area contributed by atoms with Crippen molar-refractivity contribution in [2.75, 3.05) is 24.5 Å². The Kier molecular flexibility index (Phi) is 4.59. The first kappa shape index (κ1) is 15.1. The number of hydrazine groups is 1. The lowest BCUT2D eigenvalue weighted by molar-refractivity contribution is 0.415. The smallest absolute Gasteiger partial charge is 0.148 e. The van der Waals surface area contributed by atoms with E-state index in [2.05, 4.69) is 29.2 Å². The Morgan fingerprint density at radius 2 is 2.05 bits per heavy atom. The number of hydrogen-bond acceptors (Lipinski definition) is 6. The van der Waals surface area contributed by atoms with Gasteiger partial charge >= 0.3 is 0 Å². The third-order valence-corrected chi connectivity index (χ3v) is 3.34. The zero-order valence-corrected chi connectivity index (χ0v) is 12.8. The summed E-state index contributed by atoms with van der Waals surface area (Å²) in [4.78, 5) is 10.6. The minimum Gasteiger partial charge on any atom is -0.497 e. The number of nitrogen functional groups attached to an aromatic ring is 1. The first-order chi connectivity index (χ1) is 10.1. The summed E-state index contributed by atoms with van der Waals surface area (Å²) in [5.74, 6) is 8.07. The van der Waals surface area contributed by atoms with Crippen molar-refractivity contribution in [1.82, 2.24) is 9.97 Å². The van der Waals surface area contributed by atoms with Crippen molar-refractivity contribution < 1.29 is 4.74 Å². The second kappa shape index (κ2) is 6.41. The third kappa shape index (κ3) is 3.05. The maximum absolute atomic E-state index is 5.56.